The molecule has 2 aliphatic heterocycles. The van der Waals surface area contributed by atoms with Gasteiger partial charge in [-0.05, 0) is 30.7 Å². The van der Waals surface area contributed by atoms with Crippen LogP contribution in [0.5, 0.6) is 0 Å². The van der Waals surface area contributed by atoms with Gasteiger partial charge in [0.05, 0.1) is 13.2 Å². The lowest BCUT2D eigenvalue weighted by Gasteiger charge is -2.43. The maximum Gasteiger partial charge on any atom is 0.248 e. The van der Waals surface area contributed by atoms with E-state index in [1.165, 1.54) is 19.2 Å². The summed E-state index contributed by atoms with van der Waals surface area (Å²) in [6, 6.07) is 6.94. The van der Waals surface area contributed by atoms with Gasteiger partial charge in [-0.3, -0.25) is 4.79 Å². The quantitative estimate of drug-likeness (QED) is 0.846. The molecule has 2 heterocycles. The summed E-state index contributed by atoms with van der Waals surface area (Å²) < 4.78 is 23.9. The van der Waals surface area contributed by atoms with Crippen molar-refractivity contribution in [2.45, 2.75) is 12.5 Å². The zero-order valence-electron chi connectivity index (χ0n) is 13.4. The largest absolute Gasteiger partial charge is 0.379 e. The summed E-state index contributed by atoms with van der Waals surface area (Å²) in [4.78, 5) is 16.2. The monoisotopic (exact) mass is 322 g/mol. The first-order valence-corrected chi connectivity index (χ1v) is 8.05. The van der Waals surface area contributed by atoms with Crippen LogP contribution in [0.15, 0.2) is 24.3 Å². The first-order valence-electron chi connectivity index (χ1n) is 8.05. The van der Waals surface area contributed by atoms with Gasteiger partial charge in [0.15, 0.2) is 0 Å². The number of ether oxygens (including phenoxy) is 2. The number of amides is 1. The van der Waals surface area contributed by atoms with Gasteiger partial charge in [-0.2, -0.15) is 0 Å². The van der Waals surface area contributed by atoms with Gasteiger partial charge in [-0.25, -0.2) is 4.39 Å². The SMILES string of the molecule is COCC(=O)N1CC[C@H]2[C@@H](COCCN2c2ccc(F)cc2)C1. The predicted octanol–water partition coefficient (Wildman–Crippen LogP) is 1.53. The minimum absolute atomic E-state index is 0.0310. The van der Waals surface area contributed by atoms with E-state index in [9.17, 15) is 9.18 Å². The summed E-state index contributed by atoms with van der Waals surface area (Å²) in [6.45, 7) is 3.62. The standard InChI is InChI=1S/C17H23FN2O3/c1-22-12-17(21)19-7-6-16-13(10-19)11-23-9-8-20(16)15-4-2-14(18)3-5-15/h2-5,13,16H,6-12H2,1H3/t13-,16+/m1/s1. The van der Waals surface area contributed by atoms with Crippen molar-refractivity contribution in [3.8, 4) is 0 Å². The number of hydrogen-bond donors (Lipinski definition) is 0. The molecule has 2 saturated heterocycles. The molecule has 0 aromatic heterocycles. The normalized spacial score (nSPS) is 25.0. The van der Waals surface area contributed by atoms with E-state index in [0.717, 1.165) is 25.2 Å². The third-order valence-corrected chi connectivity index (χ3v) is 4.68. The van der Waals surface area contributed by atoms with E-state index in [2.05, 4.69) is 4.90 Å². The lowest BCUT2D eigenvalue weighted by Crippen LogP contribution is -2.53. The summed E-state index contributed by atoms with van der Waals surface area (Å²) in [5, 5.41) is 0. The molecular weight excluding hydrogens is 299 g/mol. The second-order valence-corrected chi connectivity index (χ2v) is 6.13. The molecule has 6 heteroatoms. The Morgan fingerprint density at radius 1 is 1.35 bits per heavy atom. The summed E-state index contributed by atoms with van der Waals surface area (Å²) in [7, 11) is 1.54. The highest BCUT2D eigenvalue weighted by Crippen LogP contribution is 2.29. The van der Waals surface area contributed by atoms with Crippen molar-refractivity contribution in [3.63, 3.8) is 0 Å². The highest BCUT2D eigenvalue weighted by molar-refractivity contribution is 5.77. The first-order chi connectivity index (χ1) is 11.2. The Labute approximate surface area is 136 Å². The van der Waals surface area contributed by atoms with E-state index >= 15 is 0 Å². The lowest BCUT2D eigenvalue weighted by atomic mass is 9.91. The van der Waals surface area contributed by atoms with Crippen LogP contribution in [0.4, 0.5) is 10.1 Å². The number of hydrogen-bond acceptors (Lipinski definition) is 4. The molecule has 1 aromatic carbocycles. The number of rotatable bonds is 3. The highest BCUT2D eigenvalue weighted by Gasteiger charge is 2.36. The third kappa shape index (κ3) is 3.64. The fourth-order valence-corrected chi connectivity index (χ4v) is 3.55. The van der Waals surface area contributed by atoms with Crippen LogP contribution in [0.3, 0.4) is 0 Å². The van der Waals surface area contributed by atoms with Crippen molar-refractivity contribution >= 4 is 11.6 Å². The molecule has 1 amide bonds. The molecule has 0 N–H and O–H groups in total. The number of benzene rings is 1. The number of halogens is 1. The molecule has 5 nitrogen and oxygen atoms in total. The zero-order chi connectivity index (χ0) is 16.2. The van der Waals surface area contributed by atoms with Crippen LogP contribution < -0.4 is 4.90 Å². The second kappa shape index (κ2) is 7.27. The molecule has 23 heavy (non-hydrogen) atoms. The van der Waals surface area contributed by atoms with Gasteiger partial charge in [-0.15, -0.1) is 0 Å². The number of methoxy groups -OCH3 is 1. The Morgan fingerprint density at radius 3 is 2.87 bits per heavy atom. The summed E-state index contributed by atoms with van der Waals surface area (Å²) in [5.74, 6) is 0.0667. The average molecular weight is 322 g/mol. The van der Waals surface area contributed by atoms with Crippen LogP contribution in [-0.2, 0) is 14.3 Å². The molecule has 0 radical (unpaired) electrons. The molecule has 126 valence electrons. The number of carbonyl (C=O) groups excluding carboxylic acids is 1. The molecule has 0 unspecified atom stereocenters. The van der Waals surface area contributed by atoms with Gasteiger partial charge in [0.2, 0.25) is 5.91 Å². The van der Waals surface area contributed by atoms with Crippen molar-refractivity contribution in [2.75, 3.05) is 51.5 Å². The van der Waals surface area contributed by atoms with Gasteiger partial charge in [0, 0.05) is 44.4 Å². The molecule has 0 aliphatic carbocycles. The van der Waals surface area contributed by atoms with Gasteiger partial charge < -0.3 is 19.3 Å². The Morgan fingerprint density at radius 2 is 2.13 bits per heavy atom. The molecule has 0 saturated carbocycles. The second-order valence-electron chi connectivity index (χ2n) is 6.13. The maximum atomic E-state index is 13.2. The van der Waals surface area contributed by atoms with Crippen molar-refractivity contribution in [1.82, 2.24) is 4.90 Å². The van der Waals surface area contributed by atoms with E-state index in [-0.39, 0.29) is 24.2 Å². The average Bonchev–Trinajstić information content (AvgIpc) is 2.77. The summed E-state index contributed by atoms with van der Waals surface area (Å²) in [5.41, 5.74) is 1.02. The smallest absolute Gasteiger partial charge is 0.248 e. The predicted molar refractivity (Wildman–Crippen MR) is 84.9 cm³/mol. The van der Waals surface area contributed by atoms with Crippen molar-refractivity contribution in [1.29, 1.82) is 0 Å². The molecular formula is C17H23FN2O3. The van der Waals surface area contributed by atoms with E-state index in [0.29, 0.717) is 25.8 Å². The van der Waals surface area contributed by atoms with E-state index in [1.54, 1.807) is 0 Å². The zero-order valence-corrected chi connectivity index (χ0v) is 13.4. The topological polar surface area (TPSA) is 42.0 Å². The van der Waals surface area contributed by atoms with Crippen molar-refractivity contribution in [2.24, 2.45) is 5.92 Å². The molecule has 2 fully saturated rings. The van der Waals surface area contributed by atoms with Crippen LogP contribution in [0.1, 0.15) is 6.42 Å². The number of likely N-dealkylation sites (tertiary alicyclic amines) is 1. The van der Waals surface area contributed by atoms with Crippen molar-refractivity contribution < 1.29 is 18.7 Å². The van der Waals surface area contributed by atoms with Gasteiger partial charge >= 0.3 is 0 Å². The van der Waals surface area contributed by atoms with Gasteiger partial charge in [-0.1, -0.05) is 0 Å². The molecule has 2 aliphatic rings. The molecule has 0 spiro atoms. The Hall–Kier alpha value is -1.66. The fourth-order valence-electron chi connectivity index (χ4n) is 3.55. The van der Waals surface area contributed by atoms with Crippen LogP contribution in [0.2, 0.25) is 0 Å². The Balaban J connectivity index is 1.74. The first kappa shape index (κ1) is 16.2. The maximum absolute atomic E-state index is 13.2. The molecule has 1 aromatic rings. The lowest BCUT2D eigenvalue weighted by molar-refractivity contribution is -0.137. The van der Waals surface area contributed by atoms with Crippen LogP contribution in [0, 0.1) is 11.7 Å². The van der Waals surface area contributed by atoms with Gasteiger partial charge in [0.1, 0.15) is 12.4 Å². The molecule has 0 bridgehead atoms. The highest BCUT2D eigenvalue weighted by atomic mass is 19.1. The number of nitrogens with zero attached hydrogens (tertiary/aromatic N) is 2. The Kier molecular flexibility index (Phi) is 5.13. The number of anilines is 1. The van der Waals surface area contributed by atoms with E-state index in [4.69, 9.17) is 9.47 Å². The number of piperidine rings is 1. The number of fused-ring (bicyclic) bond motifs is 1. The Bertz CT molecular complexity index is 537. The van der Waals surface area contributed by atoms with Gasteiger partial charge in [0.25, 0.3) is 0 Å². The minimum Gasteiger partial charge on any atom is -0.379 e. The van der Waals surface area contributed by atoms with Crippen LogP contribution in [-0.4, -0.2) is 63.4 Å². The molecule has 2 atom stereocenters. The van der Waals surface area contributed by atoms with E-state index < -0.39 is 0 Å². The van der Waals surface area contributed by atoms with Crippen LogP contribution in [0.25, 0.3) is 0 Å². The van der Waals surface area contributed by atoms with Crippen LogP contribution >= 0.6 is 0 Å². The fraction of sp³-hybridized carbons (Fsp3) is 0.588. The number of carbonyl (C=O) groups is 1. The van der Waals surface area contributed by atoms with Crippen molar-refractivity contribution in [3.05, 3.63) is 30.1 Å². The summed E-state index contributed by atoms with van der Waals surface area (Å²) >= 11 is 0. The van der Waals surface area contributed by atoms with E-state index in [1.807, 2.05) is 17.0 Å². The summed E-state index contributed by atoms with van der Waals surface area (Å²) in [6.07, 6.45) is 0.890. The minimum atomic E-state index is -0.226. The molecule has 3 rings (SSSR count). The third-order valence-electron chi connectivity index (χ3n) is 4.68.